The molecule has 0 amide bonds. The number of hydrogen-bond acceptors (Lipinski definition) is 3. The number of benzene rings is 7. The number of aromatic nitrogens is 1. The number of furan rings is 1. The minimum atomic E-state index is 0.793. The molecule has 0 N–H and O–H groups in total. The molecule has 0 aliphatic heterocycles. The van der Waals surface area contributed by atoms with Crippen LogP contribution in [0.2, 0.25) is 0 Å². The van der Waals surface area contributed by atoms with Gasteiger partial charge >= 0.3 is 0 Å². The molecule has 2 aromatic heterocycles. The molecule has 9 aromatic rings. The Kier molecular flexibility index (Phi) is 6.14. The van der Waals surface area contributed by atoms with Crippen molar-refractivity contribution in [2.24, 2.45) is 0 Å². The maximum atomic E-state index is 6.45. The van der Waals surface area contributed by atoms with Crippen molar-refractivity contribution in [3.05, 3.63) is 170 Å². The van der Waals surface area contributed by atoms with Crippen molar-refractivity contribution < 1.29 is 4.42 Å². The molecule has 0 aliphatic carbocycles. The van der Waals surface area contributed by atoms with E-state index < -0.39 is 0 Å². The van der Waals surface area contributed by atoms with Crippen molar-refractivity contribution in [3.63, 3.8) is 0 Å². The second-order valence-corrected chi connectivity index (χ2v) is 11.7. The fraction of sp³-hybridized carbons (Fsp3) is 0. The van der Waals surface area contributed by atoms with E-state index in [0.717, 1.165) is 39.1 Å². The summed E-state index contributed by atoms with van der Waals surface area (Å²) in [6.07, 6.45) is 1.96. The monoisotopic (exact) mass is 588 g/mol. The molecule has 0 fully saturated rings. The van der Waals surface area contributed by atoms with Gasteiger partial charge < -0.3 is 4.42 Å². The second kappa shape index (κ2) is 10.8. The lowest BCUT2D eigenvalue weighted by atomic mass is 10.0. The molecule has 0 saturated carbocycles. The van der Waals surface area contributed by atoms with E-state index in [1.54, 1.807) is 0 Å². The normalized spacial score (nSPS) is 11.5. The van der Waals surface area contributed by atoms with Crippen LogP contribution in [-0.4, -0.2) is 4.98 Å². The first-order chi connectivity index (χ1) is 22.8. The summed E-state index contributed by atoms with van der Waals surface area (Å²) in [6, 6.07) is 57.7. The number of nitrogens with zero attached hydrogens (tertiary/aromatic N) is 2. The largest absolute Gasteiger partial charge is 0.456 e. The van der Waals surface area contributed by atoms with E-state index in [2.05, 4.69) is 163 Å². The second-order valence-electron chi connectivity index (χ2n) is 11.7. The Morgan fingerprint density at radius 3 is 1.76 bits per heavy atom. The van der Waals surface area contributed by atoms with E-state index in [4.69, 9.17) is 9.40 Å². The number of pyridine rings is 1. The third-order valence-electron chi connectivity index (χ3n) is 8.90. The number of fused-ring (bicyclic) bond motifs is 6. The standard InChI is InChI=1S/C43H28N2O/c1-2-8-29(9-3-1)31-16-21-36(22-17-31)45(37-23-18-32(19-24-37)35-15-14-30-10-4-5-12-34(30)26-35)42-27-41-39(28-44-42)43-38-13-7-6-11-33(38)20-25-40(43)46-41/h1-28H. The molecule has 0 spiro atoms. The summed E-state index contributed by atoms with van der Waals surface area (Å²) < 4.78 is 6.45. The van der Waals surface area contributed by atoms with Crippen LogP contribution >= 0.6 is 0 Å². The topological polar surface area (TPSA) is 29.3 Å². The lowest BCUT2D eigenvalue weighted by Gasteiger charge is -2.24. The maximum Gasteiger partial charge on any atom is 0.141 e. The van der Waals surface area contributed by atoms with Gasteiger partial charge in [-0.3, -0.25) is 4.90 Å². The van der Waals surface area contributed by atoms with E-state index in [0.29, 0.717) is 0 Å². The molecular weight excluding hydrogens is 560 g/mol. The Balaban J connectivity index is 1.16. The fourth-order valence-corrected chi connectivity index (χ4v) is 6.57. The minimum absolute atomic E-state index is 0.793. The summed E-state index contributed by atoms with van der Waals surface area (Å²) in [5.74, 6) is 0.793. The van der Waals surface area contributed by atoms with E-state index >= 15 is 0 Å². The maximum absolute atomic E-state index is 6.45. The Morgan fingerprint density at radius 2 is 1.00 bits per heavy atom. The molecule has 0 saturated heterocycles. The Hall–Kier alpha value is -6.19. The zero-order valence-corrected chi connectivity index (χ0v) is 25.0. The van der Waals surface area contributed by atoms with Gasteiger partial charge in [0, 0.05) is 34.4 Å². The zero-order chi connectivity index (χ0) is 30.5. The highest BCUT2D eigenvalue weighted by atomic mass is 16.3. The first-order valence-electron chi connectivity index (χ1n) is 15.5. The van der Waals surface area contributed by atoms with Crippen LogP contribution in [0, 0.1) is 0 Å². The third kappa shape index (κ3) is 4.49. The number of rotatable bonds is 5. The third-order valence-corrected chi connectivity index (χ3v) is 8.90. The summed E-state index contributed by atoms with van der Waals surface area (Å²) in [4.78, 5) is 7.25. The van der Waals surface area contributed by atoms with Crippen LogP contribution in [-0.2, 0) is 0 Å². The van der Waals surface area contributed by atoms with Gasteiger partial charge in [0.2, 0.25) is 0 Å². The Morgan fingerprint density at radius 1 is 0.413 bits per heavy atom. The van der Waals surface area contributed by atoms with Gasteiger partial charge in [-0.2, -0.15) is 0 Å². The fourth-order valence-electron chi connectivity index (χ4n) is 6.57. The molecular formula is C43H28N2O. The summed E-state index contributed by atoms with van der Waals surface area (Å²) in [5.41, 5.74) is 8.44. The average molecular weight is 589 g/mol. The summed E-state index contributed by atoms with van der Waals surface area (Å²) in [5, 5.41) is 6.96. The Bertz CT molecular complexity index is 2510. The first-order valence-corrected chi connectivity index (χ1v) is 15.5. The molecule has 0 aliphatic rings. The van der Waals surface area contributed by atoms with E-state index in [1.165, 1.54) is 43.8 Å². The van der Waals surface area contributed by atoms with Crippen molar-refractivity contribution in [1.82, 2.24) is 4.98 Å². The highest BCUT2D eigenvalue weighted by Gasteiger charge is 2.18. The minimum Gasteiger partial charge on any atom is -0.456 e. The van der Waals surface area contributed by atoms with Gasteiger partial charge in [-0.1, -0.05) is 121 Å². The van der Waals surface area contributed by atoms with Crippen LogP contribution in [0.5, 0.6) is 0 Å². The molecule has 0 atom stereocenters. The SMILES string of the molecule is c1ccc(-c2ccc(N(c3ccc(-c4ccc5ccccc5c4)cc3)c3cc4oc5ccc6ccccc6c5c4cn3)cc2)cc1. The van der Waals surface area contributed by atoms with E-state index in [1.807, 2.05) is 12.3 Å². The van der Waals surface area contributed by atoms with Gasteiger partial charge in [0.15, 0.2) is 0 Å². The van der Waals surface area contributed by atoms with Crippen LogP contribution < -0.4 is 4.90 Å². The van der Waals surface area contributed by atoms with Crippen molar-refractivity contribution in [3.8, 4) is 22.3 Å². The lowest BCUT2D eigenvalue weighted by Crippen LogP contribution is -2.11. The molecule has 3 heteroatoms. The van der Waals surface area contributed by atoms with Crippen molar-refractivity contribution in [2.45, 2.75) is 0 Å². The Labute approximate surface area is 266 Å². The van der Waals surface area contributed by atoms with Crippen molar-refractivity contribution in [1.29, 1.82) is 0 Å². The predicted octanol–water partition coefficient (Wildman–Crippen LogP) is 12.1. The predicted molar refractivity (Wildman–Crippen MR) is 192 cm³/mol. The molecule has 3 nitrogen and oxygen atoms in total. The van der Waals surface area contributed by atoms with E-state index in [9.17, 15) is 0 Å². The highest BCUT2D eigenvalue weighted by Crippen LogP contribution is 2.40. The first kappa shape index (κ1) is 26.2. The van der Waals surface area contributed by atoms with Gasteiger partial charge in [-0.05, 0) is 80.2 Å². The molecule has 2 heterocycles. The van der Waals surface area contributed by atoms with Gasteiger partial charge in [0.25, 0.3) is 0 Å². The van der Waals surface area contributed by atoms with Crippen LogP contribution in [0.4, 0.5) is 17.2 Å². The van der Waals surface area contributed by atoms with Gasteiger partial charge in [-0.15, -0.1) is 0 Å². The number of anilines is 3. The zero-order valence-electron chi connectivity index (χ0n) is 25.0. The molecule has 9 rings (SSSR count). The highest BCUT2D eigenvalue weighted by molar-refractivity contribution is 6.18. The van der Waals surface area contributed by atoms with Gasteiger partial charge in [0.1, 0.15) is 17.0 Å². The van der Waals surface area contributed by atoms with Gasteiger partial charge in [-0.25, -0.2) is 4.98 Å². The smallest absolute Gasteiger partial charge is 0.141 e. The van der Waals surface area contributed by atoms with Crippen LogP contribution in [0.3, 0.4) is 0 Å². The molecule has 216 valence electrons. The number of hydrogen-bond donors (Lipinski definition) is 0. The summed E-state index contributed by atoms with van der Waals surface area (Å²) >= 11 is 0. The molecule has 0 bridgehead atoms. The quantitative estimate of drug-likeness (QED) is 0.200. The van der Waals surface area contributed by atoms with Crippen LogP contribution in [0.1, 0.15) is 0 Å². The molecule has 7 aromatic carbocycles. The van der Waals surface area contributed by atoms with E-state index in [-0.39, 0.29) is 0 Å². The molecule has 46 heavy (non-hydrogen) atoms. The van der Waals surface area contributed by atoms with Crippen molar-refractivity contribution in [2.75, 3.05) is 4.90 Å². The van der Waals surface area contributed by atoms with Crippen LogP contribution in [0.25, 0.3) is 65.7 Å². The van der Waals surface area contributed by atoms with Crippen LogP contribution in [0.15, 0.2) is 174 Å². The molecule has 0 unspecified atom stereocenters. The lowest BCUT2D eigenvalue weighted by molar-refractivity contribution is 0.669. The van der Waals surface area contributed by atoms with Gasteiger partial charge in [0.05, 0.1) is 0 Å². The van der Waals surface area contributed by atoms with Crippen molar-refractivity contribution >= 4 is 60.7 Å². The summed E-state index contributed by atoms with van der Waals surface area (Å²) in [6.45, 7) is 0. The summed E-state index contributed by atoms with van der Waals surface area (Å²) in [7, 11) is 0. The molecule has 0 radical (unpaired) electrons. The average Bonchev–Trinajstić information content (AvgIpc) is 3.51.